The third kappa shape index (κ3) is 2.69. The molecule has 2 unspecified atom stereocenters. The molecule has 1 aromatic carbocycles. The highest BCUT2D eigenvalue weighted by Gasteiger charge is 2.25. The number of carbonyl (C=O) groups is 1. The van der Waals surface area contributed by atoms with Gasteiger partial charge in [-0.2, -0.15) is 0 Å². The first-order valence-electron chi connectivity index (χ1n) is 7.20. The minimum Gasteiger partial charge on any atom is -0.478 e. The van der Waals surface area contributed by atoms with Gasteiger partial charge in [-0.15, -0.1) is 0 Å². The van der Waals surface area contributed by atoms with Gasteiger partial charge < -0.3 is 15.5 Å². The summed E-state index contributed by atoms with van der Waals surface area (Å²) in [5.41, 5.74) is 0.206. The number of hydrogen-bond acceptors (Lipinski definition) is 4. The highest BCUT2D eigenvalue weighted by Crippen LogP contribution is 2.28. The number of aromatic carboxylic acids is 1. The van der Waals surface area contributed by atoms with Gasteiger partial charge in [0.05, 0.1) is 11.7 Å². The summed E-state index contributed by atoms with van der Waals surface area (Å²) in [7, 11) is 0. The second-order valence-electron chi connectivity index (χ2n) is 5.51. The quantitative estimate of drug-likeness (QED) is 0.804. The van der Waals surface area contributed by atoms with E-state index in [9.17, 15) is 15.0 Å². The third-order valence-corrected chi connectivity index (χ3v) is 4.18. The maximum absolute atomic E-state index is 11.2. The van der Waals surface area contributed by atoms with Crippen LogP contribution < -0.4 is 5.32 Å². The average molecular weight is 286 g/mol. The fraction of sp³-hybridized carbons (Fsp3) is 0.375. The first kappa shape index (κ1) is 13.8. The molecule has 0 saturated heterocycles. The number of aromatic nitrogens is 1. The van der Waals surface area contributed by atoms with Crippen molar-refractivity contribution >= 4 is 22.6 Å². The van der Waals surface area contributed by atoms with Crippen LogP contribution in [-0.2, 0) is 0 Å². The average Bonchev–Trinajstić information content (AvgIpc) is 2.89. The fourth-order valence-corrected chi connectivity index (χ4v) is 2.99. The number of benzene rings is 1. The van der Waals surface area contributed by atoms with E-state index < -0.39 is 5.97 Å². The van der Waals surface area contributed by atoms with Crippen LogP contribution in [0.2, 0.25) is 0 Å². The summed E-state index contributed by atoms with van der Waals surface area (Å²) < 4.78 is 0. The summed E-state index contributed by atoms with van der Waals surface area (Å²) >= 11 is 0. The number of rotatable bonds is 4. The first-order valence-corrected chi connectivity index (χ1v) is 7.20. The number of carboxylic acids is 1. The Bertz CT molecular complexity index is 672. The summed E-state index contributed by atoms with van der Waals surface area (Å²) in [4.78, 5) is 15.5. The zero-order chi connectivity index (χ0) is 14.8. The molecule has 3 N–H and O–H groups in total. The smallest absolute Gasteiger partial charge is 0.337 e. The van der Waals surface area contributed by atoms with Gasteiger partial charge in [0.2, 0.25) is 0 Å². The lowest BCUT2D eigenvalue weighted by atomic mass is 10.1. The maximum atomic E-state index is 11.2. The van der Waals surface area contributed by atoms with Crippen LogP contribution in [0.5, 0.6) is 0 Å². The molecule has 0 spiro atoms. The summed E-state index contributed by atoms with van der Waals surface area (Å²) in [6.45, 7) is 0.657. The van der Waals surface area contributed by atoms with Crippen molar-refractivity contribution in [2.75, 3.05) is 11.9 Å². The molecule has 0 aliphatic heterocycles. The van der Waals surface area contributed by atoms with Gasteiger partial charge in [-0.25, -0.2) is 9.78 Å². The summed E-state index contributed by atoms with van der Waals surface area (Å²) in [5.74, 6) is -0.0594. The molecular weight excluding hydrogens is 268 g/mol. The highest BCUT2D eigenvalue weighted by molar-refractivity contribution is 6.06. The van der Waals surface area contributed by atoms with Crippen LogP contribution in [0.25, 0.3) is 10.8 Å². The largest absolute Gasteiger partial charge is 0.478 e. The Morgan fingerprint density at radius 2 is 2.05 bits per heavy atom. The van der Waals surface area contributed by atoms with Crippen molar-refractivity contribution in [1.29, 1.82) is 0 Å². The molecule has 0 amide bonds. The number of nitrogens with one attached hydrogen (secondary N) is 1. The zero-order valence-corrected chi connectivity index (χ0v) is 11.6. The molecule has 21 heavy (non-hydrogen) atoms. The predicted octanol–water partition coefficient (Wildman–Crippen LogP) is 2.51. The minimum absolute atomic E-state index is 0.206. The Balaban J connectivity index is 1.89. The molecule has 2 aromatic rings. The Kier molecular flexibility index (Phi) is 3.75. The number of aliphatic hydroxyl groups excluding tert-OH is 1. The van der Waals surface area contributed by atoms with E-state index in [1.54, 1.807) is 6.07 Å². The van der Waals surface area contributed by atoms with Gasteiger partial charge in [-0.3, -0.25) is 0 Å². The fourth-order valence-electron chi connectivity index (χ4n) is 2.99. The topological polar surface area (TPSA) is 82.5 Å². The van der Waals surface area contributed by atoms with Crippen LogP contribution in [0.15, 0.2) is 30.5 Å². The monoisotopic (exact) mass is 286 g/mol. The lowest BCUT2D eigenvalue weighted by Crippen LogP contribution is -2.22. The molecule has 5 nitrogen and oxygen atoms in total. The summed E-state index contributed by atoms with van der Waals surface area (Å²) in [5, 5.41) is 23.8. The molecule has 3 rings (SSSR count). The molecule has 1 aliphatic carbocycles. The molecule has 1 fully saturated rings. The molecule has 0 bridgehead atoms. The van der Waals surface area contributed by atoms with Crippen LogP contribution in [0.1, 0.15) is 29.6 Å². The molecular formula is C16H18N2O3. The molecule has 5 heteroatoms. The van der Waals surface area contributed by atoms with Gasteiger partial charge >= 0.3 is 5.97 Å². The van der Waals surface area contributed by atoms with Crippen LogP contribution in [0, 0.1) is 5.92 Å². The van der Waals surface area contributed by atoms with Gasteiger partial charge in [0.1, 0.15) is 5.82 Å². The lowest BCUT2D eigenvalue weighted by Gasteiger charge is -2.16. The predicted molar refractivity (Wildman–Crippen MR) is 80.5 cm³/mol. The van der Waals surface area contributed by atoms with Crippen LogP contribution in [0.3, 0.4) is 0 Å². The van der Waals surface area contributed by atoms with E-state index >= 15 is 0 Å². The highest BCUT2D eigenvalue weighted by atomic mass is 16.4. The molecule has 0 radical (unpaired) electrons. The second-order valence-corrected chi connectivity index (χ2v) is 5.51. The summed E-state index contributed by atoms with van der Waals surface area (Å²) in [6.07, 6.45) is 4.07. The molecule has 110 valence electrons. The number of carboxylic acid groups (broad SMARTS) is 1. The van der Waals surface area contributed by atoms with E-state index in [4.69, 9.17) is 0 Å². The molecule has 1 heterocycles. The van der Waals surface area contributed by atoms with Crippen molar-refractivity contribution < 1.29 is 15.0 Å². The Labute approximate surface area is 122 Å². The van der Waals surface area contributed by atoms with Crippen LogP contribution in [0.4, 0.5) is 5.82 Å². The van der Waals surface area contributed by atoms with Gasteiger partial charge in [-0.05, 0) is 12.8 Å². The van der Waals surface area contributed by atoms with E-state index in [-0.39, 0.29) is 17.6 Å². The molecule has 1 aromatic heterocycles. The minimum atomic E-state index is -0.975. The van der Waals surface area contributed by atoms with Crippen molar-refractivity contribution in [3.63, 3.8) is 0 Å². The van der Waals surface area contributed by atoms with Gasteiger partial charge in [0.15, 0.2) is 0 Å². The SMILES string of the molecule is O=C(O)c1cnc(NCC2CCCC2O)c2ccccc12. The maximum Gasteiger partial charge on any atom is 0.337 e. The lowest BCUT2D eigenvalue weighted by molar-refractivity contribution is 0.0698. The Morgan fingerprint density at radius 3 is 2.71 bits per heavy atom. The number of fused-ring (bicyclic) bond motifs is 1. The molecule has 1 saturated carbocycles. The van der Waals surface area contributed by atoms with E-state index in [0.29, 0.717) is 17.7 Å². The third-order valence-electron chi connectivity index (χ3n) is 4.18. The van der Waals surface area contributed by atoms with Crippen molar-refractivity contribution in [2.24, 2.45) is 5.92 Å². The number of anilines is 1. The van der Waals surface area contributed by atoms with Crippen molar-refractivity contribution in [3.05, 3.63) is 36.0 Å². The Hall–Kier alpha value is -2.14. The van der Waals surface area contributed by atoms with Crippen molar-refractivity contribution in [2.45, 2.75) is 25.4 Å². The van der Waals surface area contributed by atoms with E-state index in [1.807, 2.05) is 18.2 Å². The zero-order valence-electron chi connectivity index (χ0n) is 11.6. The molecule has 2 atom stereocenters. The molecule has 1 aliphatic rings. The van der Waals surface area contributed by atoms with Gasteiger partial charge in [0, 0.05) is 29.4 Å². The number of nitrogens with zero attached hydrogens (tertiary/aromatic N) is 1. The van der Waals surface area contributed by atoms with Gasteiger partial charge in [-0.1, -0.05) is 30.7 Å². The van der Waals surface area contributed by atoms with E-state index in [1.165, 1.54) is 6.20 Å². The first-order chi connectivity index (χ1) is 10.2. The Morgan fingerprint density at radius 1 is 1.29 bits per heavy atom. The van der Waals surface area contributed by atoms with Crippen molar-refractivity contribution in [3.8, 4) is 0 Å². The van der Waals surface area contributed by atoms with Crippen LogP contribution in [-0.4, -0.2) is 33.8 Å². The van der Waals surface area contributed by atoms with Crippen molar-refractivity contribution in [1.82, 2.24) is 4.98 Å². The number of pyridine rings is 1. The number of aliphatic hydroxyl groups is 1. The van der Waals surface area contributed by atoms with E-state index in [2.05, 4.69) is 10.3 Å². The van der Waals surface area contributed by atoms with Crippen LogP contribution >= 0.6 is 0 Å². The summed E-state index contributed by atoms with van der Waals surface area (Å²) in [6, 6.07) is 7.34. The van der Waals surface area contributed by atoms with Gasteiger partial charge in [0.25, 0.3) is 0 Å². The second kappa shape index (κ2) is 5.69. The normalized spacial score (nSPS) is 21.6. The van der Waals surface area contributed by atoms with E-state index in [0.717, 1.165) is 24.6 Å². The standard InChI is InChI=1S/C16H18N2O3/c19-14-7-3-4-10(14)8-17-15-12-6-2-1-5-11(12)13(9-18-15)16(20)21/h1-2,5-6,9-10,14,19H,3-4,7-8H2,(H,17,18)(H,20,21). The number of hydrogen-bond donors (Lipinski definition) is 3.